The van der Waals surface area contributed by atoms with Gasteiger partial charge in [-0.05, 0) is 26.2 Å². The van der Waals surface area contributed by atoms with Crippen LogP contribution in [0, 0.1) is 0 Å². The van der Waals surface area contributed by atoms with E-state index in [1.54, 1.807) is 20.8 Å². The molecule has 0 heterocycles. The van der Waals surface area contributed by atoms with Crippen LogP contribution in [0.25, 0.3) is 0 Å². The number of esters is 2. The number of carbonyl (C=O) groups is 2. The van der Waals surface area contributed by atoms with Crippen molar-refractivity contribution < 1.29 is 19.1 Å². The molecule has 0 radical (unpaired) electrons. The van der Waals surface area contributed by atoms with Crippen molar-refractivity contribution in [3.8, 4) is 0 Å². The van der Waals surface area contributed by atoms with Crippen LogP contribution in [-0.4, -0.2) is 30.4 Å². The Morgan fingerprint density at radius 1 is 1.33 bits per heavy atom. The predicted molar refractivity (Wildman–Crippen MR) is 59.5 cm³/mol. The Labute approximate surface area is 94.0 Å². The molecule has 0 saturated carbocycles. The van der Waals surface area contributed by atoms with Gasteiger partial charge >= 0.3 is 11.9 Å². The molecule has 0 aromatic heterocycles. The molecule has 0 amide bonds. The highest BCUT2D eigenvalue weighted by atomic mass is 32.2. The minimum atomic E-state index is -0.469. The van der Waals surface area contributed by atoms with Gasteiger partial charge in [0.25, 0.3) is 0 Å². The molecule has 0 saturated heterocycles. The van der Waals surface area contributed by atoms with Crippen LogP contribution in [-0.2, 0) is 19.1 Å². The Kier molecular flexibility index (Phi) is 6.08. The second kappa shape index (κ2) is 6.50. The van der Waals surface area contributed by atoms with E-state index in [1.165, 1.54) is 30.4 Å². The average molecular weight is 232 g/mol. The summed E-state index contributed by atoms with van der Waals surface area (Å²) in [5.41, 5.74) is -0.469. The monoisotopic (exact) mass is 232 g/mol. The first-order valence-electron chi connectivity index (χ1n) is 4.43. The predicted octanol–water partition coefficient (Wildman–Crippen LogP) is 1.75. The molecule has 86 valence electrons. The molecule has 0 aromatic rings. The first-order chi connectivity index (χ1) is 6.85. The van der Waals surface area contributed by atoms with E-state index in [0.29, 0.717) is 0 Å². The Bertz CT molecular complexity index is 253. The van der Waals surface area contributed by atoms with Crippen molar-refractivity contribution in [3.63, 3.8) is 0 Å². The normalized spacial score (nSPS) is 11.5. The van der Waals surface area contributed by atoms with E-state index < -0.39 is 11.6 Å². The minimum absolute atomic E-state index is 0.185. The van der Waals surface area contributed by atoms with Gasteiger partial charge in [0.15, 0.2) is 0 Å². The van der Waals surface area contributed by atoms with Crippen molar-refractivity contribution in [1.82, 2.24) is 0 Å². The molecule has 0 aromatic carbocycles. The van der Waals surface area contributed by atoms with Gasteiger partial charge in [-0.15, -0.1) is 11.8 Å². The summed E-state index contributed by atoms with van der Waals surface area (Å²) in [7, 11) is 1.30. The fourth-order valence-corrected chi connectivity index (χ4v) is 1.16. The molecule has 0 fully saturated rings. The molecule has 0 N–H and O–H groups in total. The van der Waals surface area contributed by atoms with E-state index in [1.807, 2.05) is 0 Å². The SMILES string of the molecule is COC(=O)/C=C/SCC(=O)OC(C)(C)C. The molecule has 0 aliphatic rings. The fourth-order valence-electron chi connectivity index (χ4n) is 0.659. The van der Waals surface area contributed by atoms with Crippen LogP contribution in [0.15, 0.2) is 11.5 Å². The van der Waals surface area contributed by atoms with Gasteiger partial charge in [0.1, 0.15) is 5.60 Å². The van der Waals surface area contributed by atoms with Gasteiger partial charge in [-0.3, -0.25) is 4.79 Å². The van der Waals surface area contributed by atoms with Crippen molar-refractivity contribution in [3.05, 3.63) is 11.5 Å². The molecule has 0 rings (SSSR count). The summed E-state index contributed by atoms with van der Waals surface area (Å²) in [6, 6.07) is 0. The maximum absolute atomic E-state index is 11.2. The van der Waals surface area contributed by atoms with Crippen LogP contribution in [0.4, 0.5) is 0 Å². The lowest BCUT2D eigenvalue weighted by molar-refractivity contribution is -0.151. The number of ether oxygens (including phenoxy) is 2. The van der Waals surface area contributed by atoms with Crippen LogP contribution in [0.3, 0.4) is 0 Å². The lowest BCUT2D eigenvalue weighted by Crippen LogP contribution is -2.24. The van der Waals surface area contributed by atoms with Crippen molar-refractivity contribution >= 4 is 23.7 Å². The molecular weight excluding hydrogens is 216 g/mol. The molecule has 4 nitrogen and oxygen atoms in total. The number of hydrogen-bond acceptors (Lipinski definition) is 5. The zero-order chi connectivity index (χ0) is 11.9. The Hall–Kier alpha value is -0.970. The van der Waals surface area contributed by atoms with Gasteiger partial charge in [0.05, 0.1) is 12.9 Å². The van der Waals surface area contributed by atoms with Crippen LogP contribution < -0.4 is 0 Å². The highest BCUT2D eigenvalue weighted by Gasteiger charge is 2.15. The van der Waals surface area contributed by atoms with E-state index in [9.17, 15) is 9.59 Å². The topological polar surface area (TPSA) is 52.6 Å². The fraction of sp³-hybridized carbons (Fsp3) is 0.600. The number of methoxy groups -OCH3 is 1. The summed E-state index contributed by atoms with van der Waals surface area (Å²) in [4.78, 5) is 21.8. The second-order valence-corrected chi connectivity index (χ2v) is 4.62. The van der Waals surface area contributed by atoms with Gasteiger partial charge in [0, 0.05) is 6.08 Å². The Balaban J connectivity index is 3.74. The minimum Gasteiger partial charge on any atom is -0.466 e. The van der Waals surface area contributed by atoms with Crippen molar-refractivity contribution in [2.75, 3.05) is 12.9 Å². The number of rotatable bonds is 4. The molecule has 0 unspecified atom stereocenters. The zero-order valence-electron chi connectivity index (χ0n) is 9.40. The first-order valence-corrected chi connectivity index (χ1v) is 5.48. The highest BCUT2D eigenvalue weighted by Crippen LogP contribution is 2.10. The molecule has 0 spiro atoms. The zero-order valence-corrected chi connectivity index (χ0v) is 10.2. The molecule has 0 aliphatic carbocycles. The van der Waals surface area contributed by atoms with E-state index in [4.69, 9.17) is 4.74 Å². The maximum atomic E-state index is 11.2. The summed E-state index contributed by atoms with van der Waals surface area (Å²) >= 11 is 1.19. The van der Waals surface area contributed by atoms with Gasteiger partial charge in [-0.1, -0.05) is 0 Å². The molecule has 0 bridgehead atoms. The van der Waals surface area contributed by atoms with Gasteiger partial charge < -0.3 is 9.47 Å². The molecule has 15 heavy (non-hydrogen) atoms. The first kappa shape index (κ1) is 14.0. The van der Waals surface area contributed by atoms with E-state index in [0.717, 1.165) is 0 Å². The average Bonchev–Trinajstić information content (AvgIpc) is 2.09. The summed E-state index contributed by atoms with van der Waals surface area (Å²) < 4.78 is 9.44. The smallest absolute Gasteiger partial charge is 0.330 e. The molecular formula is C10H16O4S. The van der Waals surface area contributed by atoms with Crippen molar-refractivity contribution in [2.24, 2.45) is 0 Å². The Morgan fingerprint density at radius 3 is 2.40 bits per heavy atom. The molecule has 5 heteroatoms. The quantitative estimate of drug-likeness (QED) is 0.546. The molecule has 0 atom stereocenters. The van der Waals surface area contributed by atoms with Crippen molar-refractivity contribution in [1.29, 1.82) is 0 Å². The number of hydrogen-bond donors (Lipinski definition) is 0. The van der Waals surface area contributed by atoms with E-state index in [2.05, 4.69) is 4.74 Å². The maximum Gasteiger partial charge on any atom is 0.330 e. The third-order valence-corrected chi connectivity index (χ3v) is 1.85. The standard InChI is InChI=1S/C10H16O4S/c1-10(2,3)14-9(12)7-15-6-5-8(11)13-4/h5-6H,7H2,1-4H3/b6-5+. The summed E-state index contributed by atoms with van der Waals surface area (Å²) in [5, 5.41) is 1.51. The largest absolute Gasteiger partial charge is 0.466 e. The van der Waals surface area contributed by atoms with Crippen LogP contribution >= 0.6 is 11.8 Å². The Morgan fingerprint density at radius 2 is 1.93 bits per heavy atom. The van der Waals surface area contributed by atoms with Gasteiger partial charge in [-0.25, -0.2) is 4.79 Å². The lowest BCUT2D eigenvalue weighted by Gasteiger charge is -2.18. The highest BCUT2D eigenvalue weighted by molar-refractivity contribution is 8.02. The molecule has 0 aliphatic heterocycles. The summed E-state index contributed by atoms with van der Waals surface area (Å²) in [6.45, 7) is 5.42. The summed E-state index contributed by atoms with van der Waals surface area (Å²) in [6.07, 6.45) is 1.26. The van der Waals surface area contributed by atoms with Gasteiger partial charge in [-0.2, -0.15) is 0 Å². The third-order valence-electron chi connectivity index (χ3n) is 1.12. The lowest BCUT2D eigenvalue weighted by atomic mass is 10.2. The third kappa shape index (κ3) is 9.34. The van der Waals surface area contributed by atoms with E-state index >= 15 is 0 Å². The van der Waals surface area contributed by atoms with Crippen LogP contribution in [0.1, 0.15) is 20.8 Å². The number of thioether (sulfide) groups is 1. The summed E-state index contributed by atoms with van der Waals surface area (Å²) in [5.74, 6) is -0.557. The number of carbonyl (C=O) groups excluding carboxylic acids is 2. The second-order valence-electron chi connectivity index (χ2n) is 3.72. The van der Waals surface area contributed by atoms with Crippen molar-refractivity contribution in [2.45, 2.75) is 26.4 Å². The van der Waals surface area contributed by atoms with E-state index in [-0.39, 0.29) is 11.7 Å². The van der Waals surface area contributed by atoms with Crippen LogP contribution in [0.2, 0.25) is 0 Å². The van der Waals surface area contributed by atoms with Gasteiger partial charge in [0.2, 0.25) is 0 Å². The van der Waals surface area contributed by atoms with Crippen LogP contribution in [0.5, 0.6) is 0 Å².